The normalized spacial score (nSPS) is 10.6. The lowest BCUT2D eigenvalue weighted by Gasteiger charge is -2.13. The molecule has 21 heavy (non-hydrogen) atoms. The van der Waals surface area contributed by atoms with E-state index < -0.39 is 11.5 Å². The van der Waals surface area contributed by atoms with Crippen LogP contribution in [-0.2, 0) is 11.8 Å². The van der Waals surface area contributed by atoms with Crippen molar-refractivity contribution in [2.45, 2.75) is 13.8 Å². The standard InChI is InChI=1S/C15H16N2O4/c1-8-5-4-6-10-12(8)17(3)15(21)11(13(10)19)14(20)16-7-9(2)18/h4-6,19H,7H2,1-3H3,(H,16,20). The highest BCUT2D eigenvalue weighted by Crippen LogP contribution is 2.27. The summed E-state index contributed by atoms with van der Waals surface area (Å²) in [5.74, 6) is -1.36. The van der Waals surface area contributed by atoms with Gasteiger partial charge in [0.15, 0.2) is 0 Å². The first-order valence-corrected chi connectivity index (χ1v) is 6.43. The molecule has 6 nitrogen and oxygen atoms in total. The molecular weight excluding hydrogens is 272 g/mol. The van der Waals surface area contributed by atoms with Crippen molar-refractivity contribution < 1.29 is 14.7 Å². The number of hydrogen-bond acceptors (Lipinski definition) is 4. The molecule has 1 aromatic carbocycles. The van der Waals surface area contributed by atoms with E-state index in [0.717, 1.165) is 5.56 Å². The molecule has 1 heterocycles. The Kier molecular flexibility index (Phi) is 3.80. The van der Waals surface area contributed by atoms with E-state index in [9.17, 15) is 19.5 Å². The summed E-state index contributed by atoms with van der Waals surface area (Å²) in [6.45, 7) is 2.95. The van der Waals surface area contributed by atoms with Gasteiger partial charge < -0.3 is 15.0 Å². The van der Waals surface area contributed by atoms with Gasteiger partial charge in [0.05, 0.1) is 12.1 Å². The Hall–Kier alpha value is -2.63. The predicted molar refractivity (Wildman–Crippen MR) is 78.6 cm³/mol. The van der Waals surface area contributed by atoms with E-state index in [1.54, 1.807) is 19.2 Å². The molecule has 1 aromatic heterocycles. The maximum absolute atomic E-state index is 12.3. The number of pyridine rings is 1. The largest absolute Gasteiger partial charge is 0.506 e. The van der Waals surface area contributed by atoms with Crippen LogP contribution in [-0.4, -0.2) is 27.9 Å². The molecule has 0 unspecified atom stereocenters. The molecule has 1 amide bonds. The number of benzene rings is 1. The molecule has 0 saturated carbocycles. The van der Waals surface area contributed by atoms with Crippen molar-refractivity contribution >= 4 is 22.6 Å². The summed E-state index contributed by atoms with van der Waals surface area (Å²) >= 11 is 0. The molecule has 0 radical (unpaired) electrons. The zero-order valence-corrected chi connectivity index (χ0v) is 12.1. The van der Waals surface area contributed by atoms with E-state index in [4.69, 9.17) is 0 Å². The number of fused-ring (bicyclic) bond motifs is 1. The SMILES string of the molecule is CC(=O)CNC(=O)c1c(O)c2cccc(C)c2n(C)c1=O. The summed E-state index contributed by atoms with van der Waals surface area (Å²) in [6, 6.07) is 5.19. The number of ketones is 1. The topological polar surface area (TPSA) is 88.4 Å². The molecule has 110 valence electrons. The molecule has 0 aliphatic carbocycles. The van der Waals surface area contributed by atoms with Crippen molar-refractivity contribution in [2.75, 3.05) is 6.54 Å². The first kappa shape index (κ1) is 14.8. The van der Waals surface area contributed by atoms with E-state index in [1.807, 2.05) is 13.0 Å². The van der Waals surface area contributed by atoms with Crippen molar-refractivity contribution in [3.8, 4) is 5.75 Å². The number of aromatic hydroxyl groups is 1. The van der Waals surface area contributed by atoms with Crippen LogP contribution in [0.1, 0.15) is 22.8 Å². The molecule has 6 heteroatoms. The maximum Gasteiger partial charge on any atom is 0.267 e. The Balaban J connectivity index is 2.69. The third-order valence-corrected chi connectivity index (χ3v) is 3.31. The molecule has 2 aromatic rings. The summed E-state index contributed by atoms with van der Waals surface area (Å²) in [6.07, 6.45) is 0. The fourth-order valence-corrected chi connectivity index (χ4v) is 2.30. The molecule has 2 N–H and O–H groups in total. The summed E-state index contributed by atoms with van der Waals surface area (Å²) in [5, 5.41) is 13.0. The average molecular weight is 288 g/mol. The highest BCUT2D eigenvalue weighted by atomic mass is 16.3. The van der Waals surface area contributed by atoms with E-state index in [1.165, 1.54) is 11.5 Å². The molecule has 0 aliphatic heterocycles. The van der Waals surface area contributed by atoms with Gasteiger partial charge in [-0.1, -0.05) is 12.1 Å². The Morgan fingerprint density at radius 2 is 2.00 bits per heavy atom. The van der Waals surface area contributed by atoms with Crippen LogP contribution < -0.4 is 10.9 Å². The number of nitrogens with zero attached hydrogens (tertiary/aromatic N) is 1. The number of amides is 1. The number of carbonyl (C=O) groups is 2. The quantitative estimate of drug-likeness (QED) is 0.877. The zero-order chi connectivity index (χ0) is 15.7. The number of hydrogen-bond donors (Lipinski definition) is 2. The number of nitrogens with one attached hydrogen (secondary N) is 1. The highest BCUT2D eigenvalue weighted by Gasteiger charge is 2.21. The Labute approximate surface area is 121 Å². The molecule has 0 aliphatic rings. The molecule has 0 saturated heterocycles. The molecule has 0 atom stereocenters. The first-order valence-electron chi connectivity index (χ1n) is 6.43. The van der Waals surface area contributed by atoms with E-state index in [2.05, 4.69) is 5.32 Å². The predicted octanol–water partition coefficient (Wildman–Crippen LogP) is 0.871. The minimum absolute atomic E-state index is 0.187. The van der Waals surface area contributed by atoms with Gasteiger partial charge in [0.2, 0.25) is 0 Å². The van der Waals surface area contributed by atoms with Gasteiger partial charge in [0.25, 0.3) is 11.5 Å². The van der Waals surface area contributed by atoms with Crippen molar-refractivity contribution in [1.29, 1.82) is 0 Å². The van der Waals surface area contributed by atoms with E-state index >= 15 is 0 Å². The molecule has 2 rings (SSSR count). The second-order valence-electron chi connectivity index (χ2n) is 4.94. The highest BCUT2D eigenvalue weighted by molar-refractivity contribution is 6.03. The average Bonchev–Trinajstić information content (AvgIpc) is 2.42. The minimum atomic E-state index is -0.758. The molecule has 0 fully saturated rings. The number of rotatable bonds is 3. The minimum Gasteiger partial charge on any atom is -0.506 e. The van der Waals surface area contributed by atoms with Gasteiger partial charge in [0, 0.05) is 12.4 Å². The number of aryl methyl sites for hydroxylation is 2. The summed E-state index contributed by atoms with van der Waals surface area (Å²) in [4.78, 5) is 35.2. The second kappa shape index (κ2) is 5.40. The smallest absolute Gasteiger partial charge is 0.267 e. The van der Waals surface area contributed by atoms with Crippen LogP contribution in [0.5, 0.6) is 5.75 Å². The summed E-state index contributed by atoms with van der Waals surface area (Å²) < 4.78 is 1.33. The van der Waals surface area contributed by atoms with Crippen LogP contribution in [0.15, 0.2) is 23.0 Å². The van der Waals surface area contributed by atoms with Crippen LogP contribution in [0.25, 0.3) is 10.9 Å². The first-order chi connectivity index (χ1) is 9.84. The Morgan fingerprint density at radius 3 is 2.62 bits per heavy atom. The van der Waals surface area contributed by atoms with Gasteiger partial charge in [-0.3, -0.25) is 14.4 Å². The third-order valence-electron chi connectivity index (χ3n) is 3.31. The van der Waals surface area contributed by atoms with Gasteiger partial charge >= 0.3 is 0 Å². The fraction of sp³-hybridized carbons (Fsp3) is 0.267. The lowest BCUT2D eigenvalue weighted by molar-refractivity contribution is -0.116. The van der Waals surface area contributed by atoms with Crippen molar-refractivity contribution in [1.82, 2.24) is 9.88 Å². The van der Waals surface area contributed by atoms with E-state index in [0.29, 0.717) is 10.9 Å². The van der Waals surface area contributed by atoms with Crippen LogP contribution in [0, 0.1) is 6.92 Å². The molecule has 0 bridgehead atoms. The summed E-state index contributed by atoms with van der Waals surface area (Å²) in [5.41, 5.74) is 0.438. The fourth-order valence-electron chi connectivity index (χ4n) is 2.30. The number of carbonyl (C=O) groups excluding carboxylic acids is 2. The van der Waals surface area contributed by atoms with Gasteiger partial charge in [0.1, 0.15) is 17.1 Å². The van der Waals surface area contributed by atoms with Crippen LogP contribution in [0.4, 0.5) is 0 Å². The Morgan fingerprint density at radius 1 is 1.33 bits per heavy atom. The number of para-hydroxylation sites is 1. The van der Waals surface area contributed by atoms with Crippen molar-refractivity contribution in [3.05, 3.63) is 39.7 Å². The number of Topliss-reactive ketones (excluding diaryl/α,β-unsaturated/α-hetero) is 1. The lowest BCUT2D eigenvalue weighted by atomic mass is 10.1. The van der Waals surface area contributed by atoms with Crippen molar-refractivity contribution in [3.63, 3.8) is 0 Å². The molecular formula is C15H16N2O4. The Bertz CT molecular complexity index is 805. The second-order valence-corrected chi connectivity index (χ2v) is 4.94. The van der Waals surface area contributed by atoms with Crippen LogP contribution in [0.2, 0.25) is 0 Å². The maximum atomic E-state index is 12.3. The van der Waals surface area contributed by atoms with Gasteiger partial charge in [-0.05, 0) is 25.5 Å². The van der Waals surface area contributed by atoms with Gasteiger partial charge in [-0.25, -0.2) is 0 Å². The van der Waals surface area contributed by atoms with Crippen LogP contribution in [0.3, 0.4) is 0 Å². The monoisotopic (exact) mass is 288 g/mol. The zero-order valence-electron chi connectivity index (χ0n) is 12.1. The van der Waals surface area contributed by atoms with Crippen LogP contribution >= 0.6 is 0 Å². The third kappa shape index (κ3) is 2.52. The molecule has 0 spiro atoms. The van der Waals surface area contributed by atoms with E-state index in [-0.39, 0.29) is 23.6 Å². The number of aromatic nitrogens is 1. The summed E-state index contributed by atoms with van der Waals surface area (Å²) in [7, 11) is 1.54. The van der Waals surface area contributed by atoms with Gasteiger partial charge in [-0.15, -0.1) is 0 Å². The van der Waals surface area contributed by atoms with Gasteiger partial charge in [-0.2, -0.15) is 0 Å². The van der Waals surface area contributed by atoms with Crippen molar-refractivity contribution in [2.24, 2.45) is 7.05 Å². The lowest BCUT2D eigenvalue weighted by Crippen LogP contribution is -2.34.